The molecule has 0 saturated carbocycles. The fourth-order valence-corrected chi connectivity index (χ4v) is 2.85. The van der Waals surface area contributed by atoms with Crippen LogP contribution >= 0.6 is 15.9 Å². The Morgan fingerprint density at radius 3 is 3.11 bits per heavy atom. The lowest BCUT2D eigenvalue weighted by Crippen LogP contribution is -2.43. The number of nitrogen functional groups attached to an aromatic ring is 1. The van der Waals surface area contributed by atoms with E-state index in [-0.39, 0.29) is 0 Å². The first-order valence-electron chi connectivity index (χ1n) is 6.35. The van der Waals surface area contributed by atoms with E-state index < -0.39 is 0 Å². The van der Waals surface area contributed by atoms with Gasteiger partial charge in [-0.2, -0.15) is 0 Å². The first-order valence-corrected chi connectivity index (χ1v) is 7.14. The molecule has 19 heavy (non-hydrogen) atoms. The van der Waals surface area contributed by atoms with E-state index in [1.165, 1.54) is 0 Å². The van der Waals surface area contributed by atoms with Crippen molar-refractivity contribution in [1.29, 1.82) is 0 Å². The molecule has 4 nitrogen and oxygen atoms in total. The standard InChI is InChI=1S/C14H16BrN3O/c1-9-8-19-5-4-18(9)13-3-2-12(16)11-6-10(15)7-17-14(11)13/h2-3,6-7,9H,4-5,8,16H2,1H3. The Bertz CT molecular complexity index is 617. The molecule has 100 valence electrons. The molecule has 3 rings (SSSR count). The predicted molar refractivity (Wildman–Crippen MR) is 81.5 cm³/mol. The molecule has 1 aliphatic rings. The molecule has 2 N–H and O–H groups in total. The van der Waals surface area contributed by atoms with Gasteiger partial charge in [-0.1, -0.05) is 0 Å². The number of ether oxygens (including phenoxy) is 1. The van der Waals surface area contributed by atoms with E-state index in [4.69, 9.17) is 10.5 Å². The van der Waals surface area contributed by atoms with Gasteiger partial charge in [0.25, 0.3) is 0 Å². The number of nitrogens with zero attached hydrogens (tertiary/aromatic N) is 2. The Morgan fingerprint density at radius 2 is 2.32 bits per heavy atom. The van der Waals surface area contributed by atoms with Crippen LogP contribution in [0.1, 0.15) is 6.92 Å². The minimum Gasteiger partial charge on any atom is -0.398 e. The van der Waals surface area contributed by atoms with Gasteiger partial charge >= 0.3 is 0 Å². The summed E-state index contributed by atoms with van der Waals surface area (Å²) in [6.07, 6.45) is 1.82. The number of morpholine rings is 1. The summed E-state index contributed by atoms with van der Waals surface area (Å²) >= 11 is 3.45. The smallest absolute Gasteiger partial charge is 0.0956 e. The first-order chi connectivity index (χ1) is 9.16. The van der Waals surface area contributed by atoms with Gasteiger partial charge in [-0.05, 0) is 41.1 Å². The second kappa shape index (κ2) is 4.98. The molecular weight excluding hydrogens is 306 g/mol. The average molecular weight is 322 g/mol. The summed E-state index contributed by atoms with van der Waals surface area (Å²) in [4.78, 5) is 6.88. The van der Waals surface area contributed by atoms with Crippen LogP contribution in [-0.2, 0) is 4.74 Å². The summed E-state index contributed by atoms with van der Waals surface area (Å²) in [5, 5.41) is 0.991. The van der Waals surface area contributed by atoms with Crippen LogP contribution in [0.25, 0.3) is 10.9 Å². The van der Waals surface area contributed by atoms with Gasteiger partial charge < -0.3 is 15.4 Å². The van der Waals surface area contributed by atoms with Crippen molar-refractivity contribution in [3.8, 4) is 0 Å². The molecule has 5 heteroatoms. The summed E-state index contributed by atoms with van der Waals surface area (Å²) < 4.78 is 6.44. The van der Waals surface area contributed by atoms with Crippen molar-refractivity contribution in [1.82, 2.24) is 4.98 Å². The lowest BCUT2D eigenvalue weighted by atomic mass is 10.1. The third kappa shape index (κ3) is 2.28. The van der Waals surface area contributed by atoms with Crippen molar-refractivity contribution < 1.29 is 4.74 Å². The van der Waals surface area contributed by atoms with E-state index in [9.17, 15) is 0 Å². The molecular formula is C14H16BrN3O. The van der Waals surface area contributed by atoms with E-state index in [1.807, 2.05) is 18.3 Å². The van der Waals surface area contributed by atoms with Gasteiger partial charge in [0, 0.05) is 34.3 Å². The number of pyridine rings is 1. The van der Waals surface area contributed by atoms with Crippen molar-refractivity contribution in [2.45, 2.75) is 13.0 Å². The van der Waals surface area contributed by atoms with Crippen LogP contribution in [0.2, 0.25) is 0 Å². The van der Waals surface area contributed by atoms with Gasteiger partial charge in [-0.15, -0.1) is 0 Å². The molecule has 0 amide bonds. The number of hydrogen-bond donors (Lipinski definition) is 1. The number of fused-ring (bicyclic) bond motifs is 1. The molecule has 0 radical (unpaired) electrons. The van der Waals surface area contributed by atoms with Crippen LogP contribution in [0.5, 0.6) is 0 Å². The minimum absolute atomic E-state index is 0.353. The van der Waals surface area contributed by atoms with E-state index in [0.717, 1.165) is 46.5 Å². The van der Waals surface area contributed by atoms with Crippen LogP contribution in [0.3, 0.4) is 0 Å². The number of rotatable bonds is 1. The van der Waals surface area contributed by atoms with Crippen LogP contribution in [0.4, 0.5) is 11.4 Å². The monoisotopic (exact) mass is 321 g/mol. The van der Waals surface area contributed by atoms with Crippen molar-refractivity contribution in [3.63, 3.8) is 0 Å². The van der Waals surface area contributed by atoms with Crippen LogP contribution in [-0.4, -0.2) is 30.8 Å². The van der Waals surface area contributed by atoms with E-state index in [2.05, 4.69) is 38.8 Å². The molecule has 2 aromatic rings. The Balaban J connectivity index is 2.16. The molecule has 0 aliphatic carbocycles. The topological polar surface area (TPSA) is 51.4 Å². The molecule has 0 spiro atoms. The largest absolute Gasteiger partial charge is 0.398 e. The van der Waals surface area contributed by atoms with E-state index in [0.29, 0.717) is 6.04 Å². The third-order valence-corrected chi connectivity index (χ3v) is 3.94. The molecule has 1 fully saturated rings. The molecule has 0 bridgehead atoms. The molecule has 1 aromatic carbocycles. The average Bonchev–Trinajstić information content (AvgIpc) is 2.41. The highest BCUT2D eigenvalue weighted by atomic mass is 79.9. The van der Waals surface area contributed by atoms with Crippen LogP contribution < -0.4 is 10.6 Å². The summed E-state index contributed by atoms with van der Waals surface area (Å²) in [5.74, 6) is 0. The van der Waals surface area contributed by atoms with Gasteiger partial charge in [0.2, 0.25) is 0 Å². The van der Waals surface area contributed by atoms with Crippen molar-refractivity contribution in [2.75, 3.05) is 30.4 Å². The molecule has 1 unspecified atom stereocenters. The number of halogens is 1. The molecule has 1 saturated heterocycles. The fraction of sp³-hybridized carbons (Fsp3) is 0.357. The number of hydrogen-bond acceptors (Lipinski definition) is 4. The number of aromatic nitrogens is 1. The fourth-order valence-electron chi connectivity index (χ4n) is 2.52. The van der Waals surface area contributed by atoms with E-state index in [1.54, 1.807) is 0 Å². The number of benzene rings is 1. The maximum absolute atomic E-state index is 6.05. The van der Waals surface area contributed by atoms with Gasteiger partial charge in [0.15, 0.2) is 0 Å². The van der Waals surface area contributed by atoms with Gasteiger partial charge in [0.1, 0.15) is 0 Å². The zero-order valence-corrected chi connectivity index (χ0v) is 12.4. The number of nitrogens with two attached hydrogens (primary N) is 1. The number of anilines is 2. The Kier molecular flexibility index (Phi) is 3.33. The highest BCUT2D eigenvalue weighted by Crippen LogP contribution is 2.32. The Labute approximate surface area is 120 Å². The lowest BCUT2D eigenvalue weighted by Gasteiger charge is -2.35. The normalized spacial score (nSPS) is 19.9. The van der Waals surface area contributed by atoms with E-state index >= 15 is 0 Å². The molecule has 2 heterocycles. The molecule has 1 aromatic heterocycles. The summed E-state index contributed by atoms with van der Waals surface area (Å²) in [5.41, 5.74) is 8.90. The molecule has 1 atom stereocenters. The van der Waals surface area contributed by atoms with Crippen molar-refractivity contribution in [2.24, 2.45) is 0 Å². The molecule has 1 aliphatic heterocycles. The zero-order chi connectivity index (χ0) is 13.4. The second-order valence-corrected chi connectivity index (χ2v) is 5.76. The summed E-state index contributed by atoms with van der Waals surface area (Å²) in [6.45, 7) is 4.56. The van der Waals surface area contributed by atoms with Crippen molar-refractivity contribution >= 4 is 38.2 Å². The maximum atomic E-state index is 6.05. The lowest BCUT2D eigenvalue weighted by molar-refractivity contribution is 0.0991. The zero-order valence-electron chi connectivity index (χ0n) is 10.8. The highest BCUT2D eigenvalue weighted by molar-refractivity contribution is 9.10. The SMILES string of the molecule is CC1COCCN1c1ccc(N)c2cc(Br)cnc12. The first kappa shape index (κ1) is 12.7. The quantitative estimate of drug-likeness (QED) is 0.820. The third-order valence-electron chi connectivity index (χ3n) is 3.51. The van der Waals surface area contributed by atoms with Crippen LogP contribution in [0, 0.1) is 0 Å². The maximum Gasteiger partial charge on any atom is 0.0956 e. The minimum atomic E-state index is 0.353. The highest BCUT2D eigenvalue weighted by Gasteiger charge is 2.21. The predicted octanol–water partition coefficient (Wildman–Crippen LogP) is 2.80. The Morgan fingerprint density at radius 1 is 1.47 bits per heavy atom. The Hall–Kier alpha value is -1.33. The second-order valence-electron chi connectivity index (χ2n) is 4.84. The van der Waals surface area contributed by atoms with Crippen LogP contribution in [0.15, 0.2) is 28.9 Å². The van der Waals surface area contributed by atoms with Gasteiger partial charge in [-0.25, -0.2) is 0 Å². The van der Waals surface area contributed by atoms with Gasteiger partial charge in [0.05, 0.1) is 24.4 Å². The van der Waals surface area contributed by atoms with Gasteiger partial charge in [-0.3, -0.25) is 4.98 Å². The summed E-state index contributed by atoms with van der Waals surface area (Å²) in [6, 6.07) is 6.38. The summed E-state index contributed by atoms with van der Waals surface area (Å²) in [7, 11) is 0. The van der Waals surface area contributed by atoms with Crippen molar-refractivity contribution in [3.05, 3.63) is 28.9 Å².